The molecule has 1 aliphatic rings. The van der Waals surface area contributed by atoms with Crippen molar-refractivity contribution in [3.63, 3.8) is 0 Å². The minimum Gasteiger partial charge on any atom is -0.462 e. The lowest BCUT2D eigenvalue weighted by atomic mass is 9.95. The largest absolute Gasteiger partial charge is 0.462 e. The standard InChI is InChI=1S/C15H21NO3S/c1-16(2)8-5-9-19-15(18)14-11-6-3-4-7-12(11)20-13(14)10-17/h10H,3-9H2,1-2H3. The average molecular weight is 295 g/mol. The fourth-order valence-electron chi connectivity index (χ4n) is 2.51. The Morgan fingerprint density at radius 3 is 2.80 bits per heavy atom. The number of thiophene rings is 1. The molecule has 0 unspecified atom stereocenters. The molecule has 0 bridgehead atoms. The first-order valence-corrected chi connectivity index (χ1v) is 7.86. The Kier molecular flexibility index (Phi) is 5.31. The van der Waals surface area contributed by atoms with Crippen molar-refractivity contribution in [3.05, 3.63) is 20.9 Å². The van der Waals surface area contributed by atoms with Gasteiger partial charge in [0.05, 0.1) is 17.0 Å². The first-order chi connectivity index (χ1) is 9.63. The van der Waals surface area contributed by atoms with Gasteiger partial charge < -0.3 is 9.64 Å². The summed E-state index contributed by atoms with van der Waals surface area (Å²) in [5.41, 5.74) is 1.59. The third-order valence-electron chi connectivity index (χ3n) is 3.49. The summed E-state index contributed by atoms with van der Waals surface area (Å²) in [6.07, 6.45) is 5.70. The van der Waals surface area contributed by atoms with Crippen molar-refractivity contribution < 1.29 is 14.3 Å². The number of fused-ring (bicyclic) bond motifs is 1. The van der Waals surface area contributed by atoms with Crippen LogP contribution in [-0.2, 0) is 17.6 Å². The van der Waals surface area contributed by atoms with Gasteiger partial charge in [-0.3, -0.25) is 4.79 Å². The Morgan fingerprint density at radius 2 is 2.10 bits per heavy atom. The maximum Gasteiger partial charge on any atom is 0.340 e. The highest BCUT2D eigenvalue weighted by atomic mass is 32.1. The lowest BCUT2D eigenvalue weighted by Gasteiger charge is -2.13. The summed E-state index contributed by atoms with van der Waals surface area (Å²) in [4.78, 5) is 27.2. The molecule has 0 N–H and O–H groups in total. The van der Waals surface area contributed by atoms with Crippen LogP contribution in [0.3, 0.4) is 0 Å². The molecule has 5 heteroatoms. The summed E-state index contributed by atoms with van der Waals surface area (Å²) < 4.78 is 5.33. The Labute approximate surface area is 123 Å². The van der Waals surface area contributed by atoms with Crippen molar-refractivity contribution in [2.75, 3.05) is 27.2 Å². The van der Waals surface area contributed by atoms with Crippen LogP contribution in [0.2, 0.25) is 0 Å². The lowest BCUT2D eigenvalue weighted by molar-refractivity contribution is 0.0490. The number of ether oxygens (including phenoxy) is 1. The average Bonchev–Trinajstić information content (AvgIpc) is 2.81. The molecule has 0 aromatic carbocycles. The van der Waals surface area contributed by atoms with Crippen LogP contribution in [0.25, 0.3) is 0 Å². The minimum absolute atomic E-state index is 0.328. The Balaban J connectivity index is 2.05. The molecule has 110 valence electrons. The molecule has 20 heavy (non-hydrogen) atoms. The maximum atomic E-state index is 12.2. The quantitative estimate of drug-likeness (QED) is 0.460. The van der Waals surface area contributed by atoms with E-state index in [4.69, 9.17) is 4.74 Å². The van der Waals surface area contributed by atoms with Crippen LogP contribution in [0.15, 0.2) is 0 Å². The Morgan fingerprint density at radius 1 is 1.35 bits per heavy atom. The molecular weight excluding hydrogens is 274 g/mol. The fourth-order valence-corrected chi connectivity index (χ4v) is 3.71. The van der Waals surface area contributed by atoms with E-state index in [1.165, 1.54) is 16.2 Å². The van der Waals surface area contributed by atoms with Crippen LogP contribution in [-0.4, -0.2) is 44.4 Å². The van der Waals surface area contributed by atoms with Gasteiger partial charge in [-0.2, -0.15) is 0 Å². The van der Waals surface area contributed by atoms with Crippen molar-refractivity contribution in [1.29, 1.82) is 0 Å². The van der Waals surface area contributed by atoms with Gasteiger partial charge in [0.25, 0.3) is 0 Å². The highest BCUT2D eigenvalue weighted by Gasteiger charge is 2.25. The van der Waals surface area contributed by atoms with E-state index in [2.05, 4.69) is 4.90 Å². The van der Waals surface area contributed by atoms with Gasteiger partial charge in [0, 0.05) is 11.4 Å². The van der Waals surface area contributed by atoms with Gasteiger partial charge in [0.1, 0.15) is 0 Å². The molecule has 0 atom stereocenters. The Bertz CT molecular complexity index is 494. The van der Waals surface area contributed by atoms with Gasteiger partial charge in [0.15, 0.2) is 6.29 Å². The summed E-state index contributed by atoms with van der Waals surface area (Å²) in [6, 6.07) is 0. The van der Waals surface area contributed by atoms with Gasteiger partial charge in [-0.05, 0) is 51.8 Å². The highest BCUT2D eigenvalue weighted by molar-refractivity contribution is 7.14. The molecule has 0 saturated heterocycles. The predicted molar refractivity (Wildman–Crippen MR) is 79.8 cm³/mol. The van der Waals surface area contributed by atoms with E-state index in [0.717, 1.165) is 50.5 Å². The van der Waals surface area contributed by atoms with Crippen LogP contribution in [0.4, 0.5) is 0 Å². The van der Waals surface area contributed by atoms with Gasteiger partial charge in [-0.25, -0.2) is 4.79 Å². The first kappa shape index (κ1) is 15.2. The highest BCUT2D eigenvalue weighted by Crippen LogP contribution is 2.34. The van der Waals surface area contributed by atoms with E-state index < -0.39 is 0 Å². The summed E-state index contributed by atoms with van der Waals surface area (Å²) in [5, 5.41) is 0. The number of hydrogen-bond acceptors (Lipinski definition) is 5. The molecule has 0 spiro atoms. The monoisotopic (exact) mass is 295 g/mol. The van der Waals surface area contributed by atoms with Crippen LogP contribution < -0.4 is 0 Å². The summed E-state index contributed by atoms with van der Waals surface area (Å²) >= 11 is 1.46. The number of aryl methyl sites for hydroxylation is 1. The second-order valence-corrected chi connectivity index (χ2v) is 6.50. The first-order valence-electron chi connectivity index (χ1n) is 7.05. The number of nitrogens with zero attached hydrogens (tertiary/aromatic N) is 1. The maximum absolute atomic E-state index is 12.2. The third-order valence-corrected chi connectivity index (χ3v) is 4.71. The van der Waals surface area contributed by atoms with Crippen LogP contribution in [0.1, 0.15) is 49.7 Å². The SMILES string of the molecule is CN(C)CCCOC(=O)c1c(C=O)sc2c1CCCC2. The third kappa shape index (κ3) is 3.46. The predicted octanol–water partition coefficient (Wildman–Crippen LogP) is 2.55. The van der Waals surface area contributed by atoms with E-state index in [1.54, 1.807) is 0 Å². The number of carbonyl (C=O) groups excluding carboxylic acids is 2. The summed E-state index contributed by atoms with van der Waals surface area (Å²) in [5.74, 6) is -0.328. The zero-order chi connectivity index (χ0) is 14.5. The smallest absolute Gasteiger partial charge is 0.340 e. The molecule has 4 nitrogen and oxygen atoms in total. The second kappa shape index (κ2) is 6.99. The molecule has 2 rings (SSSR count). The van der Waals surface area contributed by atoms with Crippen molar-refractivity contribution in [3.8, 4) is 0 Å². The van der Waals surface area contributed by atoms with E-state index in [-0.39, 0.29) is 5.97 Å². The molecule has 0 radical (unpaired) electrons. The van der Waals surface area contributed by atoms with Gasteiger partial charge in [0.2, 0.25) is 0 Å². The molecular formula is C15H21NO3S. The van der Waals surface area contributed by atoms with Crippen molar-refractivity contribution in [2.24, 2.45) is 0 Å². The molecule has 1 aromatic heterocycles. The molecule has 0 saturated carbocycles. The number of aldehydes is 1. The second-order valence-electron chi connectivity index (χ2n) is 5.36. The minimum atomic E-state index is -0.328. The summed E-state index contributed by atoms with van der Waals surface area (Å²) in [6.45, 7) is 1.29. The zero-order valence-corrected chi connectivity index (χ0v) is 12.9. The van der Waals surface area contributed by atoms with Gasteiger partial charge in [-0.15, -0.1) is 11.3 Å². The van der Waals surface area contributed by atoms with Gasteiger partial charge >= 0.3 is 5.97 Å². The lowest BCUT2D eigenvalue weighted by Crippen LogP contribution is -2.17. The Hall–Kier alpha value is -1.20. The molecule has 1 aliphatic carbocycles. The topological polar surface area (TPSA) is 46.6 Å². The van der Waals surface area contributed by atoms with E-state index >= 15 is 0 Å². The van der Waals surface area contributed by atoms with Crippen LogP contribution >= 0.6 is 11.3 Å². The van der Waals surface area contributed by atoms with Crippen LogP contribution in [0.5, 0.6) is 0 Å². The van der Waals surface area contributed by atoms with Gasteiger partial charge in [-0.1, -0.05) is 0 Å². The molecule has 1 heterocycles. The molecule has 0 fully saturated rings. The van der Waals surface area contributed by atoms with Crippen molar-refractivity contribution in [1.82, 2.24) is 4.90 Å². The normalized spacial score (nSPS) is 14.2. The number of esters is 1. The van der Waals surface area contributed by atoms with E-state index in [1.807, 2.05) is 14.1 Å². The number of carbonyl (C=O) groups is 2. The zero-order valence-electron chi connectivity index (χ0n) is 12.1. The van der Waals surface area contributed by atoms with Crippen molar-refractivity contribution >= 4 is 23.6 Å². The van der Waals surface area contributed by atoms with E-state index in [0.29, 0.717) is 17.0 Å². The van der Waals surface area contributed by atoms with Crippen LogP contribution in [0, 0.1) is 0 Å². The fraction of sp³-hybridized carbons (Fsp3) is 0.600. The van der Waals surface area contributed by atoms with Crippen molar-refractivity contribution in [2.45, 2.75) is 32.1 Å². The van der Waals surface area contributed by atoms with E-state index in [9.17, 15) is 9.59 Å². The molecule has 0 aliphatic heterocycles. The number of hydrogen-bond donors (Lipinski definition) is 0. The number of rotatable bonds is 6. The summed E-state index contributed by atoms with van der Waals surface area (Å²) in [7, 11) is 3.98. The molecule has 1 aromatic rings. The molecule has 0 amide bonds.